The fourth-order valence-electron chi connectivity index (χ4n) is 1.05. The van der Waals surface area contributed by atoms with Crippen LogP contribution in [0, 0.1) is 6.92 Å². The van der Waals surface area contributed by atoms with Crippen LogP contribution in [-0.4, -0.2) is 14.4 Å². The minimum absolute atomic E-state index is 0.141. The van der Waals surface area contributed by atoms with Gasteiger partial charge >= 0.3 is 5.69 Å². The first-order chi connectivity index (χ1) is 5.27. The van der Waals surface area contributed by atoms with E-state index in [4.69, 9.17) is 0 Å². The Labute approximate surface area is 62.5 Å². The lowest BCUT2D eigenvalue weighted by Crippen LogP contribution is -2.17. The smallest absolute Gasteiger partial charge is 0.295 e. The van der Waals surface area contributed by atoms with Gasteiger partial charge in [0.1, 0.15) is 11.5 Å². The Bertz CT molecular complexity index is 440. The highest BCUT2D eigenvalue weighted by Crippen LogP contribution is 1.95. The molecule has 0 saturated carbocycles. The lowest BCUT2D eigenvalue weighted by Gasteiger charge is -1.93. The first kappa shape index (κ1) is 6.15. The van der Waals surface area contributed by atoms with Crippen molar-refractivity contribution in [3.63, 3.8) is 0 Å². The lowest BCUT2D eigenvalue weighted by molar-refractivity contribution is 0.912. The number of nitrogens with zero attached hydrogens (tertiary/aromatic N) is 2. The van der Waals surface area contributed by atoms with E-state index in [1.807, 2.05) is 0 Å². The summed E-state index contributed by atoms with van der Waals surface area (Å²) < 4.78 is 1.47. The SMILES string of the molecule is Cc1nc2cccn2c(=O)[nH]1. The van der Waals surface area contributed by atoms with Crippen molar-refractivity contribution < 1.29 is 0 Å². The molecule has 11 heavy (non-hydrogen) atoms. The van der Waals surface area contributed by atoms with Gasteiger partial charge in [0.25, 0.3) is 0 Å². The summed E-state index contributed by atoms with van der Waals surface area (Å²) in [5, 5.41) is 0. The van der Waals surface area contributed by atoms with Gasteiger partial charge in [0.2, 0.25) is 0 Å². The second-order valence-electron chi connectivity index (χ2n) is 2.36. The molecular formula is C7H7N3O. The fraction of sp³-hybridized carbons (Fsp3) is 0.143. The van der Waals surface area contributed by atoms with E-state index < -0.39 is 0 Å². The highest BCUT2D eigenvalue weighted by atomic mass is 16.1. The van der Waals surface area contributed by atoms with E-state index >= 15 is 0 Å². The summed E-state index contributed by atoms with van der Waals surface area (Å²) in [6.45, 7) is 1.76. The van der Waals surface area contributed by atoms with E-state index in [0.29, 0.717) is 11.5 Å². The number of aromatic nitrogens is 3. The van der Waals surface area contributed by atoms with E-state index in [-0.39, 0.29) is 5.69 Å². The van der Waals surface area contributed by atoms with Crippen LogP contribution in [0.5, 0.6) is 0 Å². The average molecular weight is 149 g/mol. The van der Waals surface area contributed by atoms with Crippen molar-refractivity contribution in [2.24, 2.45) is 0 Å². The van der Waals surface area contributed by atoms with E-state index in [2.05, 4.69) is 9.97 Å². The van der Waals surface area contributed by atoms with Crippen molar-refractivity contribution in [1.29, 1.82) is 0 Å². The summed E-state index contributed by atoms with van der Waals surface area (Å²) in [7, 11) is 0. The Morgan fingerprint density at radius 3 is 3.27 bits per heavy atom. The molecule has 2 aromatic rings. The van der Waals surface area contributed by atoms with E-state index in [1.54, 1.807) is 25.3 Å². The van der Waals surface area contributed by atoms with Crippen molar-refractivity contribution in [3.05, 3.63) is 34.6 Å². The van der Waals surface area contributed by atoms with Gasteiger partial charge in [-0.2, -0.15) is 0 Å². The zero-order valence-corrected chi connectivity index (χ0v) is 6.03. The molecule has 0 aromatic carbocycles. The molecule has 0 amide bonds. The minimum atomic E-state index is -0.141. The Balaban J connectivity index is 3.02. The van der Waals surface area contributed by atoms with Gasteiger partial charge in [-0.25, -0.2) is 9.78 Å². The molecule has 4 nitrogen and oxygen atoms in total. The molecule has 0 unspecified atom stereocenters. The molecule has 0 radical (unpaired) electrons. The molecule has 2 heterocycles. The fourth-order valence-corrected chi connectivity index (χ4v) is 1.05. The molecule has 0 bridgehead atoms. The summed E-state index contributed by atoms with van der Waals surface area (Å²) in [5.41, 5.74) is 0.545. The minimum Gasteiger partial charge on any atom is -0.295 e. The van der Waals surface area contributed by atoms with Crippen molar-refractivity contribution in [3.8, 4) is 0 Å². The van der Waals surface area contributed by atoms with Crippen LogP contribution in [0.3, 0.4) is 0 Å². The number of aryl methyl sites for hydroxylation is 1. The average Bonchev–Trinajstić information content (AvgIpc) is 2.34. The molecule has 1 N–H and O–H groups in total. The van der Waals surface area contributed by atoms with Crippen molar-refractivity contribution in [2.75, 3.05) is 0 Å². The van der Waals surface area contributed by atoms with Gasteiger partial charge in [0, 0.05) is 6.20 Å². The highest BCUT2D eigenvalue weighted by Gasteiger charge is 1.96. The van der Waals surface area contributed by atoms with Crippen LogP contribution in [0.2, 0.25) is 0 Å². The molecule has 0 saturated heterocycles. The number of fused-ring (bicyclic) bond motifs is 1. The van der Waals surface area contributed by atoms with E-state index in [1.165, 1.54) is 4.40 Å². The predicted molar refractivity (Wildman–Crippen MR) is 40.5 cm³/mol. The standard InChI is InChI=1S/C7H7N3O/c1-5-8-6-3-2-4-10(6)7(11)9-5/h2-4H,1H3,(H,8,9,11). The summed E-state index contributed by atoms with van der Waals surface area (Å²) >= 11 is 0. The van der Waals surface area contributed by atoms with Gasteiger partial charge in [0.15, 0.2) is 0 Å². The van der Waals surface area contributed by atoms with E-state index in [9.17, 15) is 4.79 Å². The second kappa shape index (κ2) is 1.95. The van der Waals surface area contributed by atoms with Crippen LogP contribution >= 0.6 is 0 Å². The molecule has 0 fully saturated rings. The van der Waals surface area contributed by atoms with Gasteiger partial charge in [0.05, 0.1) is 0 Å². The normalized spacial score (nSPS) is 10.6. The molecule has 2 aromatic heterocycles. The van der Waals surface area contributed by atoms with Crippen LogP contribution in [0.25, 0.3) is 5.65 Å². The quantitative estimate of drug-likeness (QED) is 0.586. The summed E-state index contributed by atoms with van der Waals surface area (Å²) in [4.78, 5) is 17.8. The first-order valence-electron chi connectivity index (χ1n) is 3.31. The summed E-state index contributed by atoms with van der Waals surface area (Å²) in [5.74, 6) is 0.640. The van der Waals surface area contributed by atoms with Gasteiger partial charge in [-0.05, 0) is 19.1 Å². The number of nitrogens with one attached hydrogen (secondary N) is 1. The molecular weight excluding hydrogens is 142 g/mol. The van der Waals surface area contributed by atoms with Gasteiger partial charge < -0.3 is 0 Å². The summed E-state index contributed by atoms with van der Waals surface area (Å²) in [6, 6.07) is 3.58. The van der Waals surface area contributed by atoms with Gasteiger partial charge in [-0.3, -0.25) is 9.38 Å². The van der Waals surface area contributed by atoms with Crippen LogP contribution < -0.4 is 5.69 Å². The number of aromatic amines is 1. The van der Waals surface area contributed by atoms with E-state index in [0.717, 1.165) is 0 Å². The third-order valence-corrected chi connectivity index (χ3v) is 1.52. The van der Waals surface area contributed by atoms with Crippen LogP contribution in [0.1, 0.15) is 5.82 Å². The Morgan fingerprint density at radius 1 is 1.64 bits per heavy atom. The molecule has 0 spiro atoms. The van der Waals surface area contributed by atoms with Crippen LogP contribution in [0.15, 0.2) is 23.1 Å². The monoisotopic (exact) mass is 149 g/mol. The maximum atomic E-state index is 11.1. The largest absolute Gasteiger partial charge is 0.332 e. The molecule has 4 heteroatoms. The number of rotatable bonds is 0. The molecule has 56 valence electrons. The Morgan fingerprint density at radius 2 is 2.45 bits per heavy atom. The topological polar surface area (TPSA) is 50.2 Å². The maximum Gasteiger partial charge on any atom is 0.332 e. The molecule has 0 aliphatic carbocycles. The third kappa shape index (κ3) is 0.832. The second-order valence-corrected chi connectivity index (χ2v) is 2.36. The van der Waals surface area contributed by atoms with Gasteiger partial charge in [-0.15, -0.1) is 0 Å². The van der Waals surface area contributed by atoms with Crippen LogP contribution in [0.4, 0.5) is 0 Å². The predicted octanol–water partition coefficient (Wildman–Crippen LogP) is 0.331. The third-order valence-electron chi connectivity index (χ3n) is 1.52. The maximum absolute atomic E-state index is 11.1. The number of hydrogen-bond donors (Lipinski definition) is 1. The number of H-pyrrole nitrogens is 1. The Kier molecular flexibility index (Phi) is 1.09. The molecule has 2 rings (SSSR count). The zero-order valence-electron chi connectivity index (χ0n) is 6.03. The first-order valence-corrected chi connectivity index (χ1v) is 3.31. The lowest BCUT2D eigenvalue weighted by atomic mass is 10.6. The zero-order chi connectivity index (χ0) is 7.84. The number of hydrogen-bond acceptors (Lipinski definition) is 2. The molecule has 0 aliphatic rings. The Hall–Kier alpha value is -1.58. The van der Waals surface area contributed by atoms with Crippen molar-refractivity contribution in [2.45, 2.75) is 6.92 Å². The van der Waals surface area contributed by atoms with Crippen molar-refractivity contribution >= 4 is 5.65 Å². The summed E-state index contributed by atoms with van der Waals surface area (Å²) in [6.07, 6.45) is 1.68. The molecule has 0 aliphatic heterocycles. The van der Waals surface area contributed by atoms with Crippen LogP contribution in [-0.2, 0) is 0 Å². The molecule has 0 atom stereocenters. The van der Waals surface area contributed by atoms with Gasteiger partial charge in [-0.1, -0.05) is 0 Å². The van der Waals surface area contributed by atoms with Crippen molar-refractivity contribution in [1.82, 2.24) is 14.4 Å². The highest BCUT2D eigenvalue weighted by molar-refractivity contribution is 5.37.